The zero-order valence-corrected chi connectivity index (χ0v) is 13.1. The number of hydrogen-bond donors (Lipinski definition) is 1. The number of carbonyl (C=O) groups is 2. The first-order chi connectivity index (χ1) is 10.5. The molecule has 1 rings (SSSR count). The van der Waals surface area contributed by atoms with E-state index in [-0.39, 0.29) is 19.1 Å². The Balaban J connectivity index is 2.68. The molecular formula is C17H21NO4. The molecule has 0 aliphatic heterocycles. The number of esters is 1. The highest BCUT2D eigenvalue weighted by Crippen LogP contribution is 2.00. The Morgan fingerprint density at radius 1 is 1.23 bits per heavy atom. The second-order valence-corrected chi connectivity index (χ2v) is 4.77. The summed E-state index contributed by atoms with van der Waals surface area (Å²) in [6.45, 7) is 5.40. The van der Waals surface area contributed by atoms with Crippen molar-refractivity contribution < 1.29 is 19.1 Å². The van der Waals surface area contributed by atoms with E-state index in [1.165, 1.54) is 0 Å². The smallest absolute Gasteiger partial charge is 0.408 e. The van der Waals surface area contributed by atoms with Crippen molar-refractivity contribution in [3.63, 3.8) is 0 Å². The Morgan fingerprint density at radius 3 is 2.50 bits per heavy atom. The molecule has 0 aliphatic carbocycles. The average Bonchev–Trinajstić information content (AvgIpc) is 2.46. The summed E-state index contributed by atoms with van der Waals surface area (Å²) >= 11 is 0. The molecule has 0 saturated heterocycles. The van der Waals surface area contributed by atoms with E-state index < -0.39 is 18.1 Å². The van der Waals surface area contributed by atoms with Crippen LogP contribution in [0, 0.1) is 11.8 Å². The number of nitrogens with one attached hydrogen (secondary N) is 1. The fraction of sp³-hybridized carbons (Fsp3) is 0.412. The summed E-state index contributed by atoms with van der Waals surface area (Å²) in [5, 5.41) is 2.48. The molecule has 1 unspecified atom stereocenters. The van der Waals surface area contributed by atoms with Crippen molar-refractivity contribution >= 4 is 12.1 Å². The lowest BCUT2D eigenvalue weighted by molar-refractivity contribution is -0.145. The maximum Gasteiger partial charge on any atom is 0.408 e. The molecule has 5 heteroatoms. The Morgan fingerprint density at radius 2 is 1.91 bits per heavy atom. The van der Waals surface area contributed by atoms with Crippen molar-refractivity contribution in [3.05, 3.63) is 35.9 Å². The zero-order chi connectivity index (χ0) is 16.4. The normalized spacial score (nSPS) is 11.1. The second-order valence-electron chi connectivity index (χ2n) is 4.77. The van der Waals surface area contributed by atoms with Gasteiger partial charge in [-0.3, -0.25) is 0 Å². The predicted octanol–water partition coefficient (Wildman–Crippen LogP) is 2.49. The summed E-state index contributed by atoms with van der Waals surface area (Å²) in [4.78, 5) is 23.5. The van der Waals surface area contributed by atoms with Gasteiger partial charge in [-0.2, -0.15) is 0 Å². The van der Waals surface area contributed by atoms with Crippen LogP contribution in [0.5, 0.6) is 0 Å². The van der Waals surface area contributed by atoms with Gasteiger partial charge in [0.15, 0.2) is 0 Å². The van der Waals surface area contributed by atoms with Gasteiger partial charge in [-0.25, -0.2) is 9.59 Å². The molecule has 1 aromatic rings. The van der Waals surface area contributed by atoms with Gasteiger partial charge in [0.1, 0.15) is 6.04 Å². The summed E-state index contributed by atoms with van der Waals surface area (Å²) in [6.07, 6.45) is -0.770. The molecule has 1 aromatic carbocycles. The van der Waals surface area contributed by atoms with Crippen LogP contribution in [0.1, 0.15) is 32.8 Å². The predicted molar refractivity (Wildman–Crippen MR) is 83.1 cm³/mol. The molecule has 1 amide bonds. The maximum atomic E-state index is 11.8. The van der Waals surface area contributed by atoms with Crippen LogP contribution in [-0.4, -0.2) is 30.8 Å². The second kappa shape index (κ2) is 9.46. The number of hydrogen-bond acceptors (Lipinski definition) is 4. The van der Waals surface area contributed by atoms with Crippen LogP contribution in [0.2, 0.25) is 0 Å². The van der Waals surface area contributed by atoms with E-state index in [0.717, 1.165) is 5.56 Å². The number of amides is 1. The topological polar surface area (TPSA) is 64.6 Å². The molecule has 118 valence electrons. The highest BCUT2D eigenvalue weighted by molar-refractivity contribution is 5.81. The van der Waals surface area contributed by atoms with Gasteiger partial charge in [-0.15, -0.1) is 0 Å². The lowest BCUT2D eigenvalue weighted by Gasteiger charge is -2.16. The van der Waals surface area contributed by atoms with E-state index in [2.05, 4.69) is 17.2 Å². The summed E-state index contributed by atoms with van der Waals surface area (Å²) in [5.41, 5.74) is 0.842. The van der Waals surface area contributed by atoms with Gasteiger partial charge in [-0.1, -0.05) is 30.0 Å². The molecule has 0 heterocycles. The van der Waals surface area contributed by atoms with Crippen molar-refractivity contribution in [3.8, 4) is 11.8 Å². The molecule has 5 nitrogen and oxygen atoms in total. The first-order valence-corrected chi connectivity index (χ1v) is 7.20. The van der Waals surface area contributed by atoms with Crippen molar-refractivity contribution in [2.75, 3.05) is 6.61 Å². The Kier molecular flexibility index (Phi) is 7.55. The standard InChI is InChI=1S/C17H21NO4/c1-4-21-16(19)15(18-17(20)22-13(2)3)12-8-11-14-9-6-5-7-10-14/h5-7,9-10,13,15H,4,12H2,1-3H3,(H,18,20). The number of rotatable bonds is 5. The first kappa shape index (κ1) is 17.6. The minimum atomic E-state index is -0.845. The van der Waals surface area contributed by atoms with Crippen LogP contribution in [0.3, 0.4) is 0 Å². The molecule has 0 aliphatic rings. The summed E-state index contributed by atoms with van der Waals surface area (Å²) in [7, 11) is 0. The largest absolute Gasteiger partial charge is 0.464 e. The summed E-state index contributed by atoms with van der Waals surface area (Å²) in [5.74, 6) is 5.29. The molecule has 0 bridgehead atoms. The zero-order valence-electron chi connectivity index (χ0n) is 13.1. The van der Waals surface area contributed by atoms with E-state index in [4.69, 9.17) is 9.47 Å². The van der Waals surface area contributed by atoms with Crippen LogP contribution in [0.25, 0.3) is 0 Å². The van der Waals surface area contributed by atoms with Gasteiger partial charge in [-0.05, 0) is 32.9 Å². The van der Waals surface area contributed by atoms with E-state index in [9.17, 15) is 9.59 Å². The number of alkyl carbamates (subject to hydrolysis) is 1. The minimum Gasteiger partial charge on any atom is -0.464 e. The third kappa shape index (κ3) is 6.80. The van der Waals surface area contributed by atoms with Crippen molar-refractivity contribution in [1.29, 1.82) is 0 Å². The molecular weight excluding hydrogens is 282 g/mol. The quantitative estimate of drug-likeness (QED) is 0.670. The molecule has 0 spiro atoms. The van der Waals surface area contributed by atoms with Crippen molar-refractivity contribution in [2.45, 2.75) is 39.3 Å². The molecule has 1 atom stereocenters. The van der Waals surface area contributed by atoms with Gasteiger partial charge in [0, 0.05) is 12.0 Å². The lowest BCUT2D eigenvalue weighted by Crippen LogP contribution is -2.42. The highest BCUT2D eigenvalue weighted by Gasteiger charge is 2.22. The monoisotopic (exact) mass is 303 g/mol. The molecule has 0 radical (unpaired) electrons. The lowest BCUT2D eigenvalue weighted by atomic mass is 10.2. The van der Waals surface area contributed by atoms with Gasteiger partial charge in [0.2, 0.25) is 0 Å². The number of ether oxygens (including phenoxy) is 2. The van der Waals surface area contributed by atoms with Gasteiger partial charge in [0.05, 0.1) is 12.7 Å². The fourth-order valence-corrected chi connectivity index (χ4v) is 1.60. The van der Waals surface area contributed by atoms with Crippen LogP contribution in [-0.2, 0) is 14.3 Å². The minimum absolute atomic E-state index is 0.154. The van der Waals surface area contributed by atoms with E-state index in [1.807, 2.05) is 30.3 Å². The molecule has 0 fully saturated rings. The first-order valence-electron chi connectivity index (χ1n) is 7.20. The average molecular weight is 303 g/mol. The SMILES string of the molecule is CCOC(=O)C(CC#Cc1ccccc1)NC(=O)OC(C)C. The van der Waals surface area contributed by atoms with E-state index in [0.29, 0.717) is 0 Å². The van der Waals surface area contributed by atoms with Gasteiger partial charge in [0.25, 0.3) is 0 Å². The van der Waals surface area contributed by atoms with Crippen molar-refractivity contribution in [2.24, 2.45) is 0 Å². The summed E-state index contributed by atoms with van der Waals surface area (Å²) < 4.78 is 9.90. The van der Waals surface area contributed by atoms with E-state index in [1.54, 1.807) is 20.8 Å². The molecule has 0 saturated carbocycles. The Bertz CT molecular complexity index is 543. The van der Waals surface area contributed by atoms with Crippen LogP contribution in [0.15, 0.2) is 30.3 Å². The van der Waals surface area contributed by atoms with Crippen LogP contribution >= 0.6 is 0 Å². The van der Waals surface area contributed by atoms with Gasteiger partial charge >= 0.3 is 12.1 Å². The van der Waals surface area contributed by atoms with Crippen LogP contribution in [0.4, 0.5) is 4.79 Å². The third-order valence-electron chi connectivity index (χ3n) is 2.52. The maximum absolute atomic E-state index is 11.8. The summed E-state index contributed by atoms with van der Waals surface area (Å²) in [6, 6.07) is 8.55. The highest BCUT2D eigenvalue weighted by atomic mass is 16.6. The van der Waals surface area contributed by atoms with Gasteiger partial charge < -0.3 is 14.8 Å². The molecule has 22 heavy (non-hydrogen) atoms. The third-order valence-corrected chi connectivity index (χ3v) is 2.52. The fourth-order valence-electron chi connectivity index (χ4n) is 1.60. The van der Waals surface area contributed by atoms with Crippen molar-refractivity contribution in [1.82, 2.24) is 5.32 Å². The number of benzene rings is 1. The molecule has 0 aromatic heterocycles. The number of carbonyl (C=O) groups excluding carboxylic acids is 2. The van der Waals surface area contributed by atoms with E-state index >= 15 is 0 Å². The Labute approximate surface area is 131 Å². The van der Waals surface area contributed by atoms with Crippen LogP contribution < -0.4 is 5.32 Å². The Hall–Kier alpha value is -2.48. The molecule has 1 N–H and O–H groups in total.